The number of pyridine rings is 1. The summed E-state index contributed by atoms with van der Waals surface area (Å²) in [5, 5.41) is 10.6. The molecule has 3 aromatic rings. The maximum atomic E-state index is 9.43. The summed E-state index contributed by atoms with van der Waals surface area (Å²) in [6.45, 7) is 3.88. The summed E-state index contributed by atoms with van der Waals surface area (Å²) in [6, 6.07) is 12.5. The first-order chi connectivity index (χ1) is 13.3. The Kier molecular flexibility index (Phi) is 4.13. The van der Waals surface area contributed by atoms with Gasteiger partial charge in [-0.15, -0.1) is 0 Å². The molecular formula is C21H23N5O. The molecule has 27 heavy (non-hydrogen) atoms. The van der Waals surface area contributed by atoms with Gasteiger partial charge in [-0.25, -0.2) is 9.97 Å². The van der Waals surface area contributed by atoms with Gasteiger partial charge in [0.05, 0.1) is 11.2 Å². The van der Waals surface area contributed by atoms with E-state index in [4.69, 9.17) is 4.98 Å². The smallest absolute Gasteiger partial charge is 0.150 e. The summed E-state index contributed by atoms with van der Waals surface area (Å²) in [7, 11) is 0. The van der Waals surface area contributed by atoms with Crippen molar-refractivity contribution >= 4 is 22.5 Å². The van der Waals surface area contributed by atoms with Gasteiger partial charge in [-0.2, -0.15) is 0 Å². The van der Waals surface area contributed by atoms with Crippen LogP contribution < -0.4 is 9.80 Å². The Labute approximate surface area is 158 Å². The molecule has 1 N–H and O–H groups in total. The van der Waals surface area contributed by atoms with Gasteiger partial charge < -0.3 is 14.9 Å². The minimum atomic E-state index is 0.247. The molecule has 0 saturated carbocycles. The van der Waals surface area contributed by atoms with E-state index in [1.54, 1.807) is 12.4 Å². The fourth-order valence-electron chi connectivity index (χ4n) is 4.12. The van der Waals surface area contributed by atoms with Gasteiger partial charge in [-0.05, 0) is 24.6 Å². The van der Waals surface area contributed by atoms with Gasteiger partial charge in [-0.3, -0.25) is 4.98 Å². The second-order valence-electron chi connectivity index (χ2n) is 7.51. The lowest BCUT2D eigenvalue weighted by Gasteiger charge is -2.40. The van der Waals surface area contributed by atoms with Crippen molar-refractivity contribution in [1.82, 2.24) is 15.0 Å². The van der Waals surface area contributed by atoms with Crippen LogP contribution in [0.2, 0.25) is 0 Å². The molecule has 2 saturated heterocycles. The van der Waals surface area contributed by atoms with Crippen molar-refractivity contribution in [3.8, 4) is 0 Å². The Balaban J connectivity index is 1.33. The van der Waals surface area contributed by atoms with E-state index in [1.807, 2.05) is 12.1 Å². The van der Waals surface area contributed by atoms with Gasteiger partial charge in [0.1, 0.15) is 5.82 Å². The van der Waals surface area contributed by atoms with Crippen molar-refractivity contribution in [2.24, 2.45) is 5.92 Å². The zero-order chi connectivity index (χ0) is 18.2. The number of hydrogen-bond donors (Lipinski definition) is 1. The molecule has 0 amide bonds. The molecular weight excluding hydrogens is 338 g/mol. The predicted octanol–water partition coefficient (Wildman–Crippen LogP) is 2.45. The molecule has 1 aromatic carbocycles. The predicted molar refractivity (Wildman–Crippen MR) is 106 cm³/mol. The molecule has 0 radical (unpaired) electrons. The highest BCUT2D eigenvalue weighted by Crippen LogP contribution is 2.35. The molecule has 2 aromatic heterocycles. The lowest BCUT2D eigenvalue weighted by molar-refractivity contribution is 0.238. The molecule has 6 heteroatoms. The van der Waals surface area contributed by atoms with Crippen LogP contribution in [0.15, 0.2) is 48.8 Å². The van der Waals surface area contributed by atoms with E-state index in [0.29, 0.717) is 11.8 Å². The maximum Gasteiger partial charge on any atom is 0.150 e. The van der Waals surface area contributed by atoms with Gasteiger partial charge in [0.15, 0.2) is 5.82 Å². The number of rotatable bonds is 4. The molecule has 2 aliphatic heterocycles. The van der Waals surface area contributed by atoms with Crippen LogP contribution in [-0.4, -0.2) is 52.8 Å². The summed E-state index contributed by atoms with van der Waals surface area (Å²) in [6.07, 6.45) is 4.58. The molecule has 1 atom stereocenters. The number of aliphatic hydroxyl groups excluding tert-OH is 1. The maximum absolute atomic E-state index is 9.43. The first-order valence-electron chi connectivity index (χ1n) is 9.59. The number of benzene rings is 1. The molecule has 0 spiro atoms. The largest absolute Gasteiger partial charge is 0.396 e. The quantitative estimate of drug-likeness (QED) is 0.770. The third kappa shape index (κ3) is 3.00. The summed E-state index contributed by atoms with van der Waals surface area (Å²) < 4.78 is 0. The number of aliphatic hydroxyl groups is 1. The van der Waals surface area contributed by atoms with Crippen molar-refractivity contribution in [2.75, 3.05) is 42.6 Å². The molecule has 4 heterocycles. The minimum Gasteiger partial charge on any atom is -0.396 e. The minimum absolute atomic E-state index is 0.247. The number of fused-ring (bicyclic) bond motifs is 1. The van der Waals surface area contributed by atoms with E-state index in [0.717, 1.165) is 55.4 Å². The van der Waals surface area contributed by atoms with Crippen LogP contribution in [0.4, 0.5) is 11.6 Å². The number of para-hydroxylation sites is 1. The number of nitrogens with zero attached hydrogens (tertiary/aromatic N) is 5. The molecule has 2 aliphatic rings. The molecule has 0 bridgehead atoms. The van der Waals surface area contributed by atoms with Crippen LogP contribution >= 0.6 is 0 Å². The van der Waals surface area contributed by atoms with Gasteiger partial charge in [0.25, 0.3) is 0 Å². The van der Waals surface area contributed by atoms with Gasteiger partial charge >= 0.3 is 0 Å². The fraction of sp³-hybridized carbons (Fsp3) is 0.381. The number of aromatic nitrogens is 3. The van der Waals surface area contributed by atoms with Crippen molar-refractivity contribution in [2.45, 2.75) is 12.3 Å². The van der Waals surface area contributed by atoms with Crippen LogP contribution in [0.1, 0.15) is 18.0 Å². The first-order valence-corrected chi connectivity index (χ1v) is 9.59. The van der Waals surface area contributed by atoms with Crippen molar-refractivity contribution in [1.29, 1.82) is 0 Å². The van der Waals surface area contributed by atoms with Crippen LogP contribution in [0.25, 0.3) is 10.9 Å². The van der Waals surface area contributed by atoms with Gasteiger partial charge in [0, 0.05) is 62.4 Å². The highest BCUT2D eigenvalue weighted by molar-refractivity contribution is 5.80. The lowest BCUT2D eigenvalue weighted by atomic mass is 9.95. The van der Waals surface area contributed by atoms with Crippen molar-refractivity contribution in [3.63, 3.8) is 0 Å². The van der Waals surface area contributed by atoms with Crippen molar-refractivity contribution in [3.05, 3.63) is 54.5 Å². The average Bonchev–Trinajstić information content (AvgIpc) is 3.16. The van der Waals surface area contributed by atoms with E-state index in [2.05, 4.69) is 44.0 Å². The van der Waals surface area contributed by atoms with Gasteiger partial charge in [0.2, 0.25) is 0 Å². The number of anilines is 2. The monoisotopic (exact) mass is 361 g/mol. The van der Waals surface area contributed by atoms with Gasteiger partial charge in [-0.1, -0.05) is 18.2 Å². The normalized spacial score (nSPS) is 20.3. The zero-order valence-electron chi connectivity index (χ0n) is 15.2. The van der Waals surface area contributed by atoms with E-state index in [1.165, 1.54) is 5.39 Å². The summed E-state index contributed by atoms with van der Waals surface area (Å²) in [4.78, 5) is 18.7. The molecule has 6 nitrogen and oxygen atoms in total. The molecule has 0 unspecified atom stereocenters. The van der Waals surface area contributed by atoms with E-state index in [9.17, 15) is 5.11 Å². The standard InChI is InChI=1S/C21H23N5O/c27-14-15-7-10-25(11-15)21-20(22-8-9-23-21)17-12-26(13-17)19-6-5-16-3-1-2-4-18(16)24-19/h1-6,8-9,15,17,27H,7,10-14H2/t15-/m0/s1. The molecule has 0 aliphatic carbocycles. The lowest BCUT2D eigenvalue weighted by Crippen LogP contribution is -2.46. The van der Waals surface area contributed by atoms with E-state index >= 15 is 0 Å². The molecule has 5 rings (SSSR count). The topological polar surface area (TPSA) is 65.4 Å². The summed E-state index contributed by atoms with van der Waals surface area (Å²) >= 11 is 0. The second-order valence-corrected chi connectivity index (χ2v) is 7.51. The molecule has 2 fully saturated rings. The first kappa shape index (κ1) is 16.4. The van der Waals surface area contributed by atoms with Crippen LogP contribution in [0, 0.1) is 5.92 Å². The van der Waals surface area contributed by atoms with Crippen LogP contribution in [-0.2, 0) is 0 Å². The van der Waals surface area contributed by atoms with E-state index in [-0.39, 0.29) is 6.61 Å². The Morgan fingerprint density at radius 2 is 1.81 bits per heavy atom. The highest BCUT2D eigenvalue weighted by atomic mass is 16.3. The third-order valence-electron chi connectivity index (χ3n) is 5.73. The van der Waals surface area contributed by atoms with E-state index < -0.39 is 0 Å². The Morgan fingerprint density at radius 3 is 2.67 bits per heavy atom. The summed E-state index contributed by atoms with van der Waals surface area (Å²) in [5.74, 6) is 2.73. The Morgan fingerprint density at radius 1 is 0.963 bits per heavy atom. The average molecular weight is 361 g/mol. The highest BCUT2D eigenvalue weighted by Gasteiger charge is 2.34. The third-order valence-corrected chi connectivity index (χ3v) is 5.73. The number of hydrogen-bond acceptors (Lipinski definition) is 6. The Hall–Kier alpha value is -2.73. The SMILES string of the molecule is OC[C@H]1CCN(c2nccnc2C2CN(c3ccc4ccccc4n3)C2)C1. The van der Waals surface area contributed by atoms with Crippen LogP contribution in [0.3, 0.4) is 0 Å². The van der Waals surface area contributed by atoms with Crippen LogP contribution in [0.5, 0.6) is 0 Å². The Bertz CT molecular complexity index is 956. The zero-order valence-corrected chi connectivity index (χ0v) is 15.2. The molecule has 138 valence electrons. The second kappa shape index (κ2) is 6.78. The fourth-order valence-corrected chi connectivity index (χ4v) is 4.12. The van der Waals surface area contributed by atoms with Crippen molar-refractivity contribution < 1.29 is 5.11 Å². The summed E-state index contributed by atoms with van der Waals surface area (Å²) in [5.41, 5.74) is 2.11.